The van der Waals surface area contributed by atoms with Crippen LogP contribution in [0.25, 0.3) is 0 Å². The van der Waals surface area contributed by atoms with Gasteiger partial charge in [-0.05, 0) is 53.5 Å². The zero-order chi connectivity index (χ0) is 27.4. The van der Waals surface area contributed by atoms with Crippen molar-refractivity contribution in [2.75, 3.05) is 11.9 Å². The summed E-state index contributed by atoms with van der Waals surface area (Å²) in [4.78, 5) is 51.9. The van der Waals surface area contributed by atoms with Crippen molar-refractivity contribution in [3.8, 4) is 0 Å². The number of carbonyl (C=O) groups is 1. The van der Waals surface area contributed by atoms with Crippen LogP contribution in [0.4, 0.5) is 11.4 Å². The SMILES string of the molecule is Cc1ccc(C(Cc2c(Nc3ccc(Cl)c4c3C(=O)N(CCn3nn[nH]c3=O)C4)c(=O)c2=O)C(C)(C)C)o1. The summed E-state index contributed by atoms with van der Waals surface area (Å²) in [5.41, 5.74) is 0.00110. The fourth-order valence-corrected chi connectivity index (χ4v) is 5.10. The number of halogens is 1. The minimum Gasteiger partial charge on any atom is -0.466 e. The van der Waals surface area contributed by atoms with Gasteiger partial charge in [0.15, 0.2) is 0 Å². The topological polar surface area (TPSA) is 143 Å². The molecule has 0 radical (unpaired) electrons. The first-order valence-corrected chi connectivity index (χ1v) is 12.6. The van der Waals surface area contributed by atoms with Crippen molar-refractivity contribution in [3.05, 3.63) is 88.4 Å². The monoisotopic (exact) mass is 538 g/mol. The second-order valence-corrected chi connectivity index (χ2v) is 11.0. The summed E-state index contributed by atoms with van der Waals surface area (Å²) in [5.74, 6) is 1.07. The van der Waals surface area contributed by atoms with E-state index in [1.807, 2.05) is 19.1 Å². The highest BCUT2D eigenvalue weighted by Gasteiger charge is 2.35. The Morgan fingerprint density at radius 1 is 1.11 bits per heavy atom. The third-order valence-electron chi connectivity index (χ3n) is 7.05. The number of benzene rings is 1. The van der Waals surface area contributed by atoms with Gasteiger partial charge in [0.1, 0.15) is 11.5 Å². The van der Waals surface area contributed by atoms with Crippen LogP contribution >= 0.6 is 11.6 Å². The molecular formula is C26H27ClN6O5. The highest BCUT2D eigenvalue weighted by atomic mass is 35.5. The first-order chi connectivity index (χ1) is 18.0. The number of amides is 1. The normalized spacial score (nSPS) is 14.3. The molecule has 1 aliphatic heterocycles. The van der Waals surface area contributed by atoms with Gasteiger partial charge in [0, 0.05) is 35.2 Å². The number of anilines is 2. The summed E-state index contributed by atoms with van der Waals surface area (Å²) in [6.07, 6.45) is 0.311. The Kier molecular flexibility index (Phi) is 6.34. The average molecular weight is 539 g/mol. The third kappa shape index (κ3) is 4.47. The van der Waals surface area contributed by atoms with Crippen LogP contribution < -0.4 is 21.9 Å². The molecule has 38 heavy (non-hydrogen) atoms. The van der Waals surface area contributed by atoms with Gasteiger partial charge in [-0.25, -0.2) is 9.89 Å². The molecule has 0 fully saturated rings. The van der Waals surface area contributed by atoms with Crippen LogP contribution in [0.3, 0.4) is 0 Å². The van der Waals surface area contributed by atoms with Gasteiger partial charge in [-0.15, -0.1) is 0 Å². The predicted octanol–water partition coefficient (Wildman–Crippen LogP) is 2.89. The van der Waals surface area contributed by atoms with E-state index in [0.717, 1.165) is 16.2 Å². The fourth-order valence-electron chi connectivity index (χ4n) is 4.88. The summed E-state index contributed by atoms with van der Waals surface area (Å²) in [6.45, 7) is 8.62. The Morgan fingerprint density at radius 3 is 2.50 bits per heavy atom. The maximum atomic E-state index is 13.3. The van der Waals surface area contributed by atoms with Crippen molar-refractivity contribution in [1.82, 2.24) is 25.1 Å². The van der Waals surface area contributed by atoms with Crippen LogP contribution in [0.2, 0.25) is 5.02 Å². The second-order valence-electron chi connectivity index (χ2n) is 10.6. The number of hydrogen-bond acceptors (Lipinski definition) is 8. The zero-order valence-electron chi connectivity index (χ0n) is 21.4. The smallest absolute Gasteiger partial charge is 0.361 e. The Morgan fingerprint density at radius 2 is 1.87 bits per heavy atom. The molecule has 2 aromatic heterocycles. The number of furan rings is 1. The fraction of sp³-hybridized carbons (Fsp3) is 0.385. The van der Waals surface area contributed by atoms with Crippen molar-refractivity contribution in [2.24, 2.45) is 5.41 Å². The number of aromatic nitrogens is 4. The minimum atomic E-state index is -0.625. The van der Waals surface area contributed by atoms with Gasteiger partial charge in [-0.3, -0.25) is 14.4 Å². The first kappa shape index (κ1) is 25.7. The molecule has 1 aliphatic rings. The number of aromatic amines is 1. The van der Waals surface area contributed by atoms with Crippen LogP contribution in [-0.4, -0.2) is 37.6 Å². The van der Waals surface area contributed by atoms with E-state index >= 15 is 0 Å². The first-order valence-electron chi connectivity index (χ1n) is 12.2. The van der Waals surface area contributed by atoms with E-state index in [4.69, 9.17) is 16.0 Å². The highest BCUT2D eigenvalue weighted by molar-refractivity contribution is 6.32. The molecule has 0 aliphatic carbocycles. The van der Waals surface area contributed by atoms with Gasteiger partial charge >= 0.3 is 5.69 Å². The van der Waals surface area contributed by atoms with Crippen molar-refractivity contribution in [3.63, 3.8) is 0 Å². The Bertz CT molecular complexity index is 1670. The summed E-state index contributed by atoms with van der Waals surface area (Å²) in [5, 5.41) is 12.8. The summed E-state index contributed by atoms with van der Waals surface area (Å²) in [6, 6.07) is 7.05. The average Bonchev–Trinajstić information content (AvgIpc) is 3.56. The Labute approximate surface area is 222 Å². The van der Waals surface area contributed by atoms with Gasteiger partial charge in [-0.1, -0.05) is 32.4 Å². The number of aryl methyl sites for hydroxylation is 1. The van der Waals surface area contributed by atoms with Crippen molar-refractivity contribution in [2.45, 2.75) is 53.1 Å². The van der Waals surface area contributed by atoms with Crippen molar-refractivity contribution < 1.29 is 9.21 Å². The van der Waals surface area contributed by atoms with Crippen LogP contribution in [0.1, 0.15) is 59.7 Å². The third-order valence-corrected chi connectivity index (χ3v) is 7.40. The molecule has 3 heterocycles. The lowest BCUT2D eigenvalue weighted by molar-refractivity contribution is 0.0771. The largest absolute Gasteiger partial charge is 0.466 e. The van der Waals surface area contributed by atoms with E-state index < -0.39 is 16.5 Å². The molecular weight excluding hydrogens is 512 g/mol. The van der Waals surface area contributed by atoms with E-state index in [1.165, 1.54) is 0 Å². The molecule has 0 bridgehead atoms. The molecule has 4 aromatic rings. The molecule has 12 heteroatoms. The van der Waals surface area contributed by atoms with Gasteiger partial charge in [0.2, 0.25) is 10.9 Å². The number of rotatable bonds is 8. The molecule has 5 rings (SSSR count). The standard InChI is InChI=1S/C26H27ClN6O5/c1-13-5-8-19(38-13)16(26(2,3)4)11-14-21(23(35)22(14)34)28-18-7-6-17(27)15-12-32(24(36)20(15)18)9-10-33-25(37)29-30-31-33/h5-8,16,28H,9-12H2,1-4H3,(H,29,31,37). The lowest BCUT2D eigenvalue weighted by atomic mass is 9.75. The number of carbonyl (C=O) groups excluding carboxylic acids is 1. The minimum absolute atomic E-state index is 0.145. The quantitative estimate of drug-likeness (QED) is 0.326. The number of tetrazole rings is 1. The molecule has 2 aromatic carbocycles. The number of fused-ring (bicyclic) bond motifs is 1. The highest BCUT2D eigenvalue weighted by Crippen LogP contribution is 2.40. The number of hydrogen-bond donors (Lipinski definition) is 2. The summed E-state index contributed by atoms with van der Waals surface area (Å²) in [7, 11) is 0. The molecule has 0 saturated carbocycles. The maximum Gasteiger partial charge on any atom is 0.361 e. The molecule has 1 unspecified atom stereocenters. The molecule has 1 atom stereocenters. The number of nitrogens with one attached hydrogen (secondary N) is 2. The molecule has 1 amide bonds. The Hall–Kier alpha value is -3.99. The summed E-state index contributed by atoms with van der Waals surface area (Å²) < 4.78 is 7.00. The van der Waals surface area contributed by atoms with E-state index in [2.05, 4.69) is 41.6 Å². The van der Waals surface area contributed by atoms with Crippen molar-refractivity contribution in [1.29, 1.82) is 0 Å². The molecule has 11 nitrogen and oxygen atoms in total. The van der Waals surface area contributed by atoms with E-state index in [-0.39, 0.29) is 42.6 Å². The molecule has 0 spiro atoms. The molecule has 2 N–H and O–H groups in total. The van der Waals surface area contributed by atoms with Crippen LogP contribution in [-0.2, 0) is 19.5 Å². The lowest BCUT2D eigenvalue weighted by Crippen LogP contribution is -2.39. The van der Waals surface area contributed by atoms with Gasteiger partial charge in [0.25, 0.3) is 5.91 Å². The molecule has 0 saturated heterocycles. The van der Waals surface area contributed by atoms with Gasteiger partial charge in [-0.2, -0.15) is 4.68 Å². The van der Waals surface area contributed by atoms with Gasteiger partial charge in [0.05, 0.1) is 23.5 Å². The van der Waals surface area contributed by atoms with Crippen molar-refractivity contribution >= 4 is 28.9 Å². The Balaban J connectivity index is 1.42. The lowest BCUT2D eigenvalue weighted by Gasteiger charge is -2.30. The number of nitrogens with zero attached hydrogens (tertiary/aromatic N) is 4. The van der Waals surface area contributed by atoms with Crippen LogP contribution in [0.5, 0.6) is 0 Å². The van der Waals surface area contributed by atoms with E-state index in [1.54, 1.807) is 17.0 Å². The van der Waals surface area contributed by atoms with Gasteiger partial charge < -0.3 is 14.6 Å². The predicted molar refractivity (Wildman–Crippen MR) is 141 cm³/mol. The van der Waals surface area contributed by atoms with E-state index in [9.17, 15) is 19.2 Å². The van der Waals surface area contributed by atoms with Crippen LogP contribution in [0.15, 0.2) is 43.1 Å². The zero-order valence-corrected chi connectivity index (χ0v) is 22.2. The van der Waals surface area contributed by atoms with E-state index in [0.29, 0.717) is 33.8 Å². The van der Waals surface area contributed by atoms with Crippen LogP contribution in [0, 0.1) is 12.3 Å². The summed E-state index contributed by atoms with van der Waals surface area (Å²) >= 11 is 6.42. The second kappa shape index (κ2) is 9.39. The molecule has 198 valence electrons. The number of H-pyrrole nitrogens is 1. The maximum absolute atomic E-state index is 13.3.